The van der Waals surface area contributed by atoms with Crippen LogP contribution in [0.15, 0.2) is 12.1 Å². The molecular weight excluding hydrogens is 203 g/mol. The van der Waals surface area contributed by atoms with Crippen LogP contribution in [-0.2, 0) is 11.2 Å². The Morgan fingerprint density at radius 1 is 1.33 bits per heavy atom. The molecule has 0 aromatic heterocycles. The van der Waals surface area contributed by atoms with E-state index in [0.717, 1.165) is 6.07 Å². The average molecular weight is 214 g/mol. The molecule has 0 radical (unpaired) electrons. The lowest BCUT2D eigenvalue weighted by atomic mass is 10.1. The van der Waals surface area contributed by atoms with E-state index in [2.05, 4.69) is 0 Å². The molecule has 0 aliphatic carbocycles. The van der Waals surface area contributed by atoms with Gasteiger partial charge in [-0.2, -0.15) is 0 Å². The van der Waals surface area contributed by atoms with Crippen molar-refractivity contribution in [2.45, 2.75) is 19.3 Å². The lowest BCUT2D eigenvalue weighted by Crippen LogP contribution is -1.96. The number of aromatic hydroxyl groups is 2. The van der Waals surface area contributed by atoms with Gasteiger partial charge < -0.3 is 15.3 Å². The lowest BCUT2D eigenvalue weighted by Gasteiger charge is -2.03. The SMILES string of the molecule is O=C(O)CCCc1cc(O)c(O)c(F)c1. The van der Waals surface area contributed by atoms with Crippen molar-refractivity contribution in [3.63, 3.8) is 0 Å². The van der Waals surface area contributed by atoms with E-state index in [0.29, 0.717) is 18.4 Å². The van der Waals surface area contributed by atoms with Gasteiger partial charge in [-0.1, -0.05) is 0 Å². The molecule has 0 spiro atoms. The highest BCUT2D eigenvalue weighted by molar-refractivity contribution is 5.66. The Kier molecular flexibility index (Phi) is 3.49. The van der Waals surface area contributed by atoms with Crippen LogP contribution in [0.4, 0.5) is 4.39 Å². The van der Waals surface area contributed by atoms with Crippen molar-refractivity contribution in [1.82, 2.24) is 0 Å². The maximum Gasteiger partial charge on any atom is 0.303 e. The van der Waals surface area contributed by atoms with Gasteiger partial charge in [-0.05, 0) is 30.5 Å². The molecule has 82 valence electrons. The van der Waals surface area contributed by atoms with Crippen molar-refractivity contribution >= 4 is 5.97 Å². The third-order valence-electron chi connectivity index (χ3n) is 1.96. The van der Waals surface area contributed by atoms with E-state index in [1.165, 1.54) is 6.07 Å². The molecule has 1 aromatic carbocycles. The van der Waals surface area contributed by atoms with Gasteiger partial charge in [0, 0.05) is 6.42 Å². The van der Waals surface area contributed by atoms with Crippen LogP contribution in [0, 0.1) is 5.82 Å². The number of halogens is 1. The number of benzene rings is 1. The number of phenolic OH excluding ortho intramolecular Hbond substituents is 2. The first-order chi connectivity index (χ1) is 7.00. The first-order valence-electron chi connectivity index (χ1n) is 4.43. The zero-order valence-electron chi connectivity index (χ0n) is 7.90. The van der Waals surface area contributed by atoms with Gasteiger partial charge >= 0.3 is 5.97 Å². The van der Waals surface area contributed by atoms with Gasteiger partial charge in [0.2, 0.25) is 0 Å². The summed E-state index contributed by atoms with van der Waals surface area (Å²) in [6, 6.07) is 2.30. The lowest BCUT2D eigenvalue weighted by molar-refractivity contribution is -0.137. The minimum absolute atomic E-state index is 0.0107. The predicted octanol–water partition coefficient (Wildman–Crippen LogP) is 1.64. The Labute approximate surface area is 85.6 Å². The number of carboxylic acid groups (broad SMARTS) is 1. The topological polar surface area (TPSA) is 77.8 Å². The number of hydrogen-bond acceptors (Lipinski definition) is 3. The van der Waals surface area contributed by atoms with Crippen molar-refractivity contribution in [3.8, 4) is 11.5 Å². The summed E-state index contributed by atoms with van der Waals surface area (Å²) < 4.78 is 12.9. The van der Waals surface area contributed by atoms with Crippen LogP contribution in [0.5, 0.6) is 11.5 Å². The number of aryl methyl sites for hydroxylation is 1. The van der Waals surface area contributed by atoms with Crippen molar-refractivity contribution in [3.05, 3.63) is 23.5 Å². The summed E-state index contributed by atoms with van der Waals surface area (Å²) in [7, 11) is 0. The maximum atomic E-state index is 12.9. The highest BCUT2D eigenvalue weighted by Crippen LogP contribution is 2.29. The normalized spacial score (nSPS) is 10.2. The zero-order chi connectivity index (χ0) is 11.4. The molecule has 15 heavy (non-hydrogen) atoms. The molecule has 1 aromatic rings. The minimum atomic E-state index is -0.918. The van der Waals surface area contributed by atoms with E-state index in [4.69, 9.17) is 15.3 Å². The Morgan fingerprint density at radius 3 is 2.53 bits per heavy atom. The third-order valence-corrected chi connectivity index (χ3v) is 1.96. The molecule has 0 atom stereocenters. The van der Waals surface area contributed by atoms with Crippen LogP contribution in [-0.4, -0.2) is 21.3 Å². The Bertz CT molecular complexity index is 353. The number of aliphatic carboxylic acids is 1. The standard InChI is InChI=1S/C10H11FO4/c11-7-4-6(2-1-3-9(13)14)5-8(12)10(7)15/h4-5,12,15H,1-3H2,(H,13,14). The summed E-state index contributed by atoms with van der Waals surface area (Å²) in [6.45, 7) is 0. The molecule has 5 heteroatoms. The summed E-state index contributed by atoms with van der Waals surface area (Å²) in [5.41, 5.74) is 0.462. The summed E-state index contributed by atoms with van der Waals surface area (Å²) in [5, 5.41) is 26.4. The molecule has 0 saturated carbocycles. The van der Waals surface area contributed by atoms with Crippen LogP contribution in [0.2, 0.25) is 0 Å². The highest BCUT2D eigenvalue weighted by Gasteiger charge is 2.08. The van der Waals surface area contributed by atoms with Crippen molar-refractivity contribution < 1.29 is 24.5 Å². The summed E-state index contributed by atoms with van der Waals surface area (Å²) in [4.78, 5) is 10.2. The molecule has 0 saturated heterocycles. The average Bonchev–Trinajstić information content (AvgIpc) is 2.13. The largest absolute Gasteiger partial charge is 0.504 e. The van der Waals surface area contributed by atoms with E-state index < -0.39 is 23.3 Å². The van der Waals surface area contributed by atoms with E-state index in [-0.39, 0.29) is 6.42 Å². The second-order valence-corrected chi connectivity index (χ2v) is 3.19. The molecule has 0 amide bonds. The fourth-order valence-electron chi connectivity index (χ4n) is 1.23. The predicted molar refractivity (Wildman–Crippen MR) is 50.3 cm³/mol. The fourth-order valence-corrected chi connectivity index (χ4v) is 1.23. The highest BCUT2D eigenvalue weighted by atomic mass is 19.1. The Hall–Kier alpha value is -1.78. The molecular formula is C10H11FO4. The van der Waals surface area contributed by atoms with Gasteiger partial charge in [0.05, 0.1) is 0 Å². The molecule has 0 aliphatic heterocycles. The maximum absolute atomic E-state index is 12.9. The van der Waals surface area contributed by atoms with Gasteiger partial charge in [-0.25, -0.2) is 4.39 Å². The van der Waals surface area contributed by atoms with Crippen LogP contribution < -0.4 is 0 Å². The molecule has 0 bridgehead atoms. The Morgan fingerprint density at radius 2 is 2.00 bits per heavy atom. The molecule has 1 rings (SSSR count). The van der Waals surface area contributed by atoms with E-state index in [1.54, 1.807) is 0 Å². The van der Waals surface area contributed by atoms with Gasteiger partial charge in [0.25, 0.3) is 0 Å². The Balaban J connectivity index is 2.66. The molecule has 3 N–H and O–H groups in total. The molecule has 0 heterocycles. The third kappa shape index (κ3) is 3.12. The van der Waals surface area contributed by atoms with Crippen LogP contribution in [0.1, 0.15) is 18.4 Å². The minimum Gasteiger partial charge on any atom is -0.504 e. The first kappa shape index (κ1) is 11.3. The monoisotopic (exact) mass is 214 g/mol. The fraction of sp³-hybridized carbons (Fsp3) is 0.300. The van der Waals surface area contributed by atoms with E-state index in [1.807, 2.05) is 0 Å². The van der Waals surface area contributed by atoms with E-state index in [9.17, 15) is 9.18 Å². The second-order valence-electron chi connectivity index (χ2n) is 3.19. The quantitative estimate of drug-likeness (QED) is 0.666. The molecule has 0 unspecified atom stereocenters. The molecule has 0 fully saturated rings. The van der Waals surface area contributed by atoms with Crippen LogP contribution >= 0.6 is 0 Å². The molecule has 0 aliphatic rings. The van der Waals surface area contributed by atoms with Crippen LogP contribution in [0.25, 0.3) is 0 Å². The van der Waals surface area contributed by atoms with Gasteiger partial charge in [0.1, 0.15) is 0 Å². The number of phenols is 2. The smallest absolute Gasteiger partial charge is 0.303 e. The van der Waals surface area contributed by atoms with Crippen molar-refractivity contribution in [1.29, 1.82) is 0 Å². The second kappa shape index (κ2) is 4.63. The van der Waals surface area contributed by atoms with E-state index >= 15 is 0 Å². The van der Waals surface area contributed by atoms with Crippen molar-refractivity contribution in [2.75, 3.05) is 0 Å². The van der Waals surface area contributed by atoms with Crippen LogP contribution in [0.3, 0.4) is 0 Å². The number of carbonyl (C=O) groups is 1. The number of carboxylic acids is 1. The first-order valence-corrected chi connectivity index (χ1v) is 4.43. The van der Waals surface area contributed by atoms with Crippen molar-refractivity contribution in [2.24, 2.45) is 0 Å². The summed E-state index contributed by atoms with van der Waals surface area (Å²) >= 11 is 0. The summed E-state index contributed by atoms with van der Waals surface area (Å²) in [6.07, 6.45) is 0.694. The summed E-state index contributed by atoms with van der Waals surface area (Å²) in [5.74, 6) is -3.13. The van der Waals surface area contributed by atoms with Gasteiger partial charge in [-0.15, -0.1) is 0 Å². The van der Waals surface area contributed by atoms with Gasteiger partial charge in [0.15, 0.2) is 17.3 Å². The number of hydrogen-bond donors (Lipinski definition) is 3. The molecule has 4 nitrogen and oxygen atoms in total. The number of rotatable bonds is 4. The van der Waals surface area contributed by atoms with Gasteiger partial charge in [-0.3, -0.25) is 4.79 Å². The zero-order valence-corrected chi connectivity index (χ0v) is 7.90.